The van der Waals surface area contributed by atoms with Crippen molar-refractivity contribution < 1.29 is 0 Å². The fraction of sp³-hybridized carbons (Fsp3) is 0.769. The Bertz CT molecular complexity index is 369. The first-order valence-electron chi connectivity index (χ1n) is 6.47. The predicted molar refractivity (Wildman–Crippen MR) is 74.8 cm³/mol. The second-order valence-electron chi connectivity index (χ2n) is 5.37. The van der Waals surface area contributed by atoms with E-state index >= 15 is 0 Å². The Balaban J connectivity index is 1.93. The van der Waals surface area contributed by atoms with Crippen LogP contribution in [0, 0.1) is 12.8 Å². The van der Waals surface area contributed by atoms with Gasteiger partial charge in [-0.1, -0.05) is 13.8 Å². The van der Waals surface area contributed by atoms with Gasteiger partial charge in [0.25, 0.3) is 0 Å². The number of hydrogen-bond donors (Lipinski definition) is 1. The molecule has 0 aromatic carbocycles. The standard InChI is InChI=1S/C13H23N3S/c1-9(2)7-14-8-12-10(3)15-13(17-12)16(4)11-5-6-11/h9,11,14H,5-8H2,1-4H3. The molecule has 4 heteroatoms. The van der Waals surface area contributed by atoms with Crippen LogP contribution in [0.15, 0.2) is 0 Å². The summed E-state index contributed by atoms with van der Waals surface area (Å²) in [6.07, 6.45) is 2.66. The Morgan fingerprint density at radius 3 is 2.76 bits per heavy atom. The average molecular weight is 253 g/mol. The zero-order chi connectivity index (χ0) is 12.4. The average Bonchev–Trinajstić information content (AvgIpc) is 3.03. The molecule has 96 valence electrons. The Labute approximate surface area is 108 Å². The van der Waals surface area contributed by atoms with Crippen molar-refractivity contribution in [2.45, 2.75) is 46.2 Å². The minimum absolute atomic E-state index is 0.705. The number of aromatic nitrogens is 1. The number of nitrogens with zero attached hydrogens (tertiary/aromatic N) is 2. The van der Waals surface area contributed by atoms with Crippen molar-refractivity contribution in [3.05, 3.63) is 10.6 Å². The zero-order valence-corrected chi connectivity index (χ0v) is 12.1. The maximum absolute atomic E-state index is 4.67. The fourth-order valence-electron chi connectivity index (χ4n) is 1.82. The smallest absolute Gasteiger partial charge is 0.185 e. The van der Waals surface area contributed by atoms with Gasteiger partial charge in [0, 0.05) is 24.5 Å². The quantitative estimate of drug-likeness (QED) is 0.845. The molecule has 0 atom stereocenters. The highest BCUT2D eigenvalue weighted by atomic mass is 32.1. The van der Waals surface area contributed by atoms with Crippen molar-refractivity contribution in [1.82, 2.24) is 10.3 Å². The largest absolute Gasteiger partial charge is 0.348 e. The minimum Gasteiger partial charge on any atom is -0.348 e. The third-order valence-electron chi connectivity index (χ3n) is 3.12. The topological polar surface area (TPSA) is 28.2 Å². The zero-order valence-electron chi connectivity index (χ0n) is 11.3. The van der Waals surface area contributed by atoms with Gasteiger partial charge >= 0.3 is 0 Å². The summed E-state index contributed by atoms with van der Waals surface area (Å²) in [5.41, 5.74) is 1.19. The molecule has 1 aromatic rings. The molecule has 0 amide bonds. The summed E-state index contributed by atoms with van der Waals surface area (Å²) in [4.78, 5) is 8.39. The van der Waals surface area contributed by atoms with Crippen LogP contribution in [0.5, 0.6) is 0 Å². The van der Waals surface area contributed by atoms with E-state index in [1.165, 1.54) is 28.5 Å². The highest BCUT2D eigenvalue weighted by molar-refractivity contribution is 7.15. The first-order chi connectivity index (χ1) is 8.08. The third kappa shape index (κ3) is 3.42. The molecule has 1 aliphatic rings. The Morgan fingerprint density at radius 1 is 1.47 bits per heavy atom. The predicted octanol–water partition coefficient (Wildman–Crippen LogP) is 2.80. The van der Waals surface area contributed by atoms with Gasteiger partial charge in [-0.05, 0) is 32.2 Å². The first-order valence-corrected chi connectivity index (χ1v) is 7.29. The minimum atomic E-state index is 0.705. The van der Waals surface area contributed by atoms with E-state index in [0.717, 1.165) is 19.1 Å². The summed E-state index contributed by atoms with van der Waals surface area (Å²) in [6.45, 7) is 8.62. The molecular formula is C13H23N3S. The van der Waals surface area contributed by atoms with Crippen LogP contribution in [-0.4, -0.2) is 24.6 Å². The monoisotopic (exact) mass is 253 g/mol. The van der Waals surface area contributed by atoms with E-state index in [1.54, 1.807) is 0 Å². The van der Waals surface area contributed by atoms with Crippen molar-refractivity contribution in [3.8, 4) is 0 Å². The molecule has 0 spiro atoms. The van der Waals surface area contributed by atoms with Crippen LogP contribution < -0.4 is 10.2 Å². The van der Waals surface area contributed by atoms with Crippen LogP contribution in [0.25, 0.3) is 0 Å². The van der Waals surface area contributed by atoms with E-state index < -0.39 is 0 Å². The third-order valence-corrected chi connectivity index (χ3v) is 4.36. The molecule has 0 aliphatic heterocycles. The molecule has 2 rings (SSSR count). The summed E-state index contributed by atoms with van der Waals surface area (Å²) in [5.74, 6) is 0.705. The van der Waals surface area contributed by atoms with E-state index in [1.807, 2.05) is 11.3 Å². The van der Waals surface area contributed by atoms with Gasteiger partial charge in [0.2, 0.25) is 0 Å². The molecule has 1 saturated carbocycles. The number of aryl methyl sites for hydroxylation is 1. The van der Waals surface area contributed by atoms with Crippen LogP contribution in [0.1, 0.15) is 37.3 Å². The number of nitrogens with one attached hydrogen (secondary N) is 1. The summed E-state index contributed by atoms with van der Waals surface area (Å²) in [7, 11) is 2.17. The lowest BCUT2D eigenvalue weighted by atomic mass is 10.2. The first kappa shape index (κ1) is 12.8. The van der Waals surface area contributed by atoms with Crippen LogP contribution in [-0.2, 0) is 6.54 Å². The molecule has 1 aromatic heterocycles. The Kier molecular flexibility index (Phi) is 4.05. The van der Waals surface area contributed by atoms with Gasteiger partial charge in [-0.15, -0.1) is 11.3 Å². The lowest BCUT2D eigenvalue weighted by molar-refractivity contribution is 0.554. The van der Waals surface area contributed by atoms with Crippen molar-refractivity contribution >= 4 is 16.5 Å². The van der Waals surface area contributed by atoms with Gasteiger partial charge in [0.05, 0.1) is 5.69 Å². The van der Waals surface area contributed by atoms with Gasteiger partial charge in [-0.25, -0.2) is 4.98 Å². The number of rotatable bonds is 6. The summed E-state index contributed by atoms with van der Waals surface area (Å²) in [5, 5.41) is 4.68. The van der Waals surface area contributed by atoms with Crippen molar-refractivity contribution in [3.63, 3.8) is 0 Å². The second kappa shape index (κ2) is 5.36. The van der Waals surface area contributed by atoms with Gasteiger partial charge in [0.1, 0.15) is 0 Å². The van der Waals surface area contributed by atoms with Crippen LogP contribution >= 0.6 is 11.3 Å². The van der Waals surface area contributed by atoms with Crippen molar-refractivity contribution in [1.29, 1.82) is 0 Å². The van der Waals surface area contributed by atoms with Crippen molar-refractivity contribution in [2.24, 2.45) is 5.92 Å². The van der Waals surface area contributed by atoms with Crippen molar-refractivity contribution in [2.75, 3.05) is 18.5 Å². The van der Waals surface area contributed by atoms with E-state index in [9.17, 15) is 0 Å². The van der Waals surface area contributed by atoms with Gasteiger partial charge in [0.15, 0.2) is 5.13 Å². The summed E-state index contributed by atoms with van der Waals surface area (Å²) in [6, 6.07) is 0.747. The number of anilines is 1. The molecular weight excluding hydrogens is 230 g/mol. The molecule has 0 radical (unpaired) electrons. The molecule has 3 nitrogen and oxygen atoms in total. The van der Waals surface area contributed by atoms with Crippen LogP contribution in [0.2, 0.25) is 0 Å². The lowest BCUT2D eigenvalue weighted by Crippen LogP contribution is -2.19. The van der Waals surface area contributed by atoms with Crippen LogP contribution in [0.4, 0.5) is 5.13 Å². The lowest BCUT2D eigenvalue weighted by Gasteiger charge is -2.13. The molecule has 1 aliphatic carbocycles. The van der Waals surface area contributed by atoms with E-state index in [2.05, 4.69) is 43.0 Å². The van der Waals surface area contributed by atoms with Crippen LogP contribution in [0.3, 0.4) is 0 Å². The second-order valence-corrected chi connectivity index (χ2v) is 6.43. The SMILES string of the molecule is Cc1nc(N(C)C2CC2)sc1CNCC(C)C. The maximum Gasteiger partial charge on any atom is 0.185 e. The summed E-state index contributed by atoms with van der Waals surface area (Å²) < 4.78 is 0. The van der Waals surface area contributed by atoms with E-state index in [4.69, 9.17) is 0 Å². The van der Waals surface area contributed by atoms with E-state index in [0.29, 0.717) is 5.92 Å². The molecule has 0 bridgehead atoms. The normalized spacial score (nSPS) is 15.6. The molecule has 1 heterocycles. The molecule has 1 fully saturated rings. The van der Waals surface area contributed by atoms with Gasteiger partial charge in [-0.2, -0.15) is 0 Å². The number of hydrogen-bond acceptors (Lipinski definition) is 4. The van der Waals surface area contributed by atoms with Gasteiger partial charge in [-0.3, -0.25) is 0 Å². The highest BCUT2D eigenvalue weighted by Gasteiger charge is 2.28. The van der Waals surface area contributed by atoms with E-state index in [-0.39, 0.29) is 0 Å². The molecule has 17 heavy (non-hydrogen) atoms. The molecule has 0 unspecified atom stereocenters. The Hall–Kier alpha value is -0.610. The maximum atomic E-state index is 4.67. The molecule has 0 saturated heterocycles. The summed E-state index contributed by atoms with van der Waals surface area (Å²) >= 11 is 1.84. The highest BCUT2D eigenvalue weighted by Crippen LogP contribution is 2.33. The number of thiazole rings is 1. The fourth-order valence-corrected chi connectivity index (χ4v) is 2.88. The Morgan fingerprint density at radius 2 is 2.18 bits per heavy atom. The molecule has 1 N–H and O–H groups in total. The van der Waals surface area contributed by atoms with Gasteiger partial charge < -0.3 is 10.2 Å².